The van der Waals surface area contributed by atoms with Crippen LogP contribution in [0.15, 0.2) is 52.0 Å². The Morgan fingerprint density at radius 3 is 2.49 bits per heavy atom. The summed E-state index contributed by atoms with van der Waals surface area (Å²) in [6, 6.07) is 10.2. The minimum Gasteiger partial charge on any atom is -0.461 e. The lowest BCUT2D eigenvalue weighted by molar-refractivity contribution is -0.134. The van der Waals surface area contributed by atoms with Crippen molar-refractivity contribution in [1.82, 2.24) is 20.1 Å². The third kappa shape index (κ3) is 9.93. The molecule has 1 aromatic carbocycles. The average Bonchev–Trinajstić information content (AvgIpc) is 3.20. The number of terminal acetylenes is 1. The number of aromatic nitrogens is 1. The van der Waals surface area contributed by atoms with Crippen molar-refractivity contribution >= 4 is 46.1 Å². The normalized spacial score (nSPS) is 13.2. The van der Waals surface area contributed by atoms with E-state index in [4.69, 9.17) is 10.2 Å². The number of nitrogens with one attached hydrogen (secondary N) is 1. The standard InChI is InChI=1S/C19H19N5O3.C9H15NO2.C2H2/c1-11-8-13-9-14(5-7-16(13)27-11)22-19(20)23-17(25)12-4-6-15(21-10-12)18(26)24(2)3;1-8(11)7-10-6-4-2-3-5-9(10)12;1-2/h4-10H,1-3H3,(H3,20,22,23,25);2-7H2,1H3;1-2H. The predicted molar refractivity (Wildman–Crippen MR) is 158 cm³/mol. The number of likely N-dealkylation sites (tertiary alicyclic amines) is 1. The molecule has 11 heteroatoms. The van der Waals surface area contributed by atoms with Gasteiger partial charge in [0, 0.05) is 38.6 Å². The summed E-state index contributed by atoms with van der Waals surface area (Å²) in [4.78, 5) is 57.5. The number of Topliss-reactive ketones (excluding diaryl/α,β-unsaturated/α-hetero) is 1. The van der Waals surface area contributed by atoms with E-state index in [-0.39, 0.29) is 34.8 Å². The van der Waals surface area contributed by atoms with E-state index < -0.39 is 5.91 Å². The van der Waals surface area contributed by atoms with Crippen LogP contribution >= 0.6 is 0 Å². The highest BCUT2D eigenvalue weighted by Gasteiger charge is 2.17. The Morgan fingerprint density at radius 2 is 1.85 bits per heavy atom. The Morgan fingerprint density at radius 1 is 1.12 bits per heavy atom. The van der Waals surface area contributed by atoms with Crippen molar-refractivity contribution in [3.8, 4) is 12.8 Å². The first-order valence-electron chi connectivity index (χ1n) is 13.0. The highest BCUT2D eigenvalue weighted by atomic mass is 16.3. The zero-order valence-electron chi connectivity index (χ0n) is 23.8. The molecule has 0 aliphatic carbocycles. The molecule has 3 heterocycles. The van der Waals surface area contributed by atoms with E-state index in [1.807, 2.05) is 19.1 Å². The zero-order valence-corrected chi connectivity index (χ0v) is 23.8. The molecular formula is C30H36N6O5. The van der Waals surface area contributed by atoms with E-state index in [0.717, 1.165) is 42.5 Å². The summed E-state index contributed by atoms with van der Waals surface area (Å²) in [5.41, 5.74) is 7.69. The number of fused-ring (bicyclic) bond motifs is 1. The molecule has 0 saturated carbocycles. The molecule has 3 aromatic rings. The van der Waals surface area contributed by atoms with Crippen molar-refractivity contribution in [2.24, 2.45) is 10.7 Å². The lowest BCUT2D eigenvalue weighted by atomic mass is 10.2. The maximum Gasteiger partial charge on any atom is 0.271 e. The minimum atomic E-state index is -0.465. The molecule has 1 saturated heterocycles. The fourth-order valence-corrected chi connectivity index (χ4v) is 3.95. The van der Waals surface area contributed by atoms with E-state index >= 15 is 0 Å². The molecule has 11 nitrogen and oxygen atoms in total. The van der Waals surface area contributed by atoms with Crippen molar-refractivity contribution in [3.05, 3.63) is 59.6 Å². The number of hydrogen-bond donors (Lipinski definition) is 2. The molecule has 2 aromatic heterocycles. The molecule has 1 aliphatic heterocycles. The second-order valence-corrected chi connectivity index (χ2v) is 9.49. The molecule has 4 rings (SSSR count). The third-order valence-corrected chi connectivity index (χ3v) is 5.85. The molecule has 0 bridgehead atoms. The number of benzene rings is 1. The fraction of sp³-hybridized carbons (Fsp3) is 0.333. The Kier molecular flexibility index (Phi) is 12.2. The van der Waals surface area contributed by atoms with Crippen LogP contribution in [0.4, 0.5) is 5.69 Å². The lowest BCUT2D eigenvalue weighted by Crippen LogP contribution is -2.36. The lowest BCUT2D eigenvalue weighted by Gasteiger charge is -2.18. The first-order chi connectivity index (χ1) is 19.5. The summed E-state index contributed by atoms with van der Waals surface area (Å²) in [5.74, 6) is 0.262. The van der Waals surface area contributed by atoms with Gasteiger partial charge >= 0.3 is 0 Å². The summed E-state index contributed by atoms with van der Waals surface area (Å²) in [7, 11) is 3.26. The number of aliphatic imine (C=N–C) groups is 1. The van der Waals surface area contributed by atoms with Crippen LogP contribution in [0.2, 0.25) is 0 Å². The van der Waals surface area contributed by atoms with Crippen LogP contribution < -0.4 is 11.1 Å². The number of carbonyl (C=O) groups is 4. The maximum atomic E-state index is 12.3. The van der Waals surface area contributed by atoms with Crippen molar-refractivity contribution in [2.75, 3.05) is 27.2 Å². The van der Waals surface area contributed by atoms with Gasteiger partial charge in [0.1, 0.15) is 22.8 Å². The number of ketones is 1. The van der Waals surface area contributed by atoms with Gasteiger partial charge < -0.3 is 20.0 Å². The SMILES string of the molecule is C#C.CC(=O)CN1CCCCCC1=O.Cc1cc2cc(N=C(N)NC(=O)c3ccc(C(=O)N(C)C)nc3)ccc2o1. The highest BCUT2D eigenvalue weighted by Crippen LogP contribution is 2.24. The van der Waals surface area contributed by atoms with Gasteiger partial charge in [-0.2, -0.15) is 0 Å². The van der Waals surface area contributed by atoms with Gasteiger partial charge in [-0.25, -0.2) is 4.99 Å². The Hall–Kier alpha value is -4.98. The molecule has 0 radical (unpaired) electrons. The van der Waals surface area contributed by atoms with Gasteiger partial charge in [-0.3, -0.25) is 29.5 Å². The molecule has 41 heavy (non-hydrogen) atoms. The molecule has 0 spiro atoms. The predicted octanol–water partition coefficient (Wildman–Crippen LogP) is 3.44. The molecule has 1 fully saturated rings. The average molecular weight is 561 g/mol. The zero-order chi connectivity index (χ0) is 30.5. The van der Waals surface area contributed by atoms with Crippen LogP contribution in [0.3, 0.4) is 0 Å². The van der Waals surface area contributed by atoms with E-state index in [1.165, 1.54) is 30.2 Å². The second-order valence-electron chi connectivity index (χ2n) is 9.49. The quantitative estimate of drug-likeness (QED) is 0.276. The number of amides is 3. The number of furan rings is 1. The number of carbonyl (C=O) groups excluding carboxylic acids is 4. The molecular weight excluding hydrogens is 524 g/mol. The minimum absolute atomic E-state index is 0.0481. The van der Waals surface area contributed by atoms with Gasteiger partial charge in [-0.15, -0.1) is 12.8 Å². The van der Waals surface area contributed by atoms with E-state index in [2.05, 4.69) is 28.1 Å². The monoisotopic (exact) mass is 560 g/mol. The van der Waals surface area contributed by atoms with Crippen LogP contribution in [-0.4, -0.2) is 71.4 Å². The number of rotatable bonds is 5. The molecule has 0 atom stereocenters. The van der Waals surface area contributed by atoms with Gasteiger partial charge in [0.05, 0.1) is 17.8 Å². The van der Waals surface area contributed by atoms with Crippen molar-refractivity contribution < 1.29 is 23.6 Å². The van der Waals surface area contributed by atoms with Crippen molar-refractivity contribution in [3.63, 3.8) is 0 Å². The van der Waals surface area contributed by atoms with Gasteiger partial charge in [-0.1, -0.05) is 6.42 Å². The number of nitrogens with zero attached hydrogens (tertiary/aromatic N) is 4. The maximum absolute atomic E-state index is 12.3. The number of guanidine groups is 1. The topological polar surface area (TPSA) is 151 Å². The largest absolute Gasteiger partial charge is 0.461 e. The molecule has 216 valence electrons. The molecule has 3 amide bonds. The summed E-state index contributed by atoms with van der Waals surface area (Å²) in [5, 5.41) is 3.40. The van der Waals surface area contributed by atoms with Crippen LogP contribution in [0.1, 0.15) is 59.2 Å². The highest BCUT2D eigenvalue weighted by molar-refractivity contribution is 6.06. The van der Waals surface area contributed by atoms with Gasteiger partial charge in [0.25, 0.3) is 11.8 Å². The van der Waals surface area contributed by atoms with Gasteiger partial charge in [0.15, 0.2) is 0 Å². The summed E-state index contributed by atoms with van der Waals surface area (Å²) in [6.45, 7) is 4.46. The van der Waals surface area contributed by atoms with E-state index in [9.17, 15) is 19.2 Å². The van der Waals surface area contributed by atoms with Gasteiger partial charge in [0.2, 0.25) is 11.9 Å². The van der Waals surface area contributed by atoms with Crippen LogP contribution in [0.5, 0.6) is 0 Å². The Labute approximate surface area is 239 Å². The van der Waals surface area contributed by atoms with Crippen LogP contribution in [0.25, 0.3) is 11.0 Å². The number of hydrogen-bond acceptors (Lipinski definition) is 7. The van der Waals surface area contributed by atoms with E-state index in [0.29, 0.717) is 18.7 Å². The number of pyridine rings is 1. The number of aryl methyl sites for hydroxylation is 1. The molecule has 1 aliphatic rings. The van der Waals surface area contributed by atoms with E-state index in [1.54, 1.807) is 31.1 Å². The van der Waals surface area contributed by atoms with Crippen molar-refractivity contribution in [2.45, 2.75) is 39.5 Å². The Bertz CT molecular complexity index is 1420. The summed E-state index contributed by atoms with van der Waals surface area (Å²) in [6.07, 6.45) is 13.1. The fourth-order valence-electron chi connectivity index (χ4n) is 3.95. The number of nitrogens with two attached hydrogens (primary N) is 1. The third-order valence-electron chi connectivity index (χ3n) is 5.85. The molecule has 3 N–H and O–H groups in total. The Balaban J connectivity index is 0.000000352. The van der Waals surface area contributed by atoms with Crippen molar-refractivity contribution in [1.29, 1.82) is 0 Å². The first-order valence-corrected chi connectivity index (χ1v) is 13.0. The first kappa shape index (κ1) is 32.2. The smallest absolute Gasteiger partial charge is 0.271 e. The summed E-state index contributed by atoms with van der Waals surface area (Å²) < 4.78 is 5.51. The van der Waals surface area contributed by atoms with Gasteiger partial charge in [-0.05, 0) is 63.1 Å². The molecule has 0 unspecified atom stereocenters. The van der Waals surface area contributed by atoms with Crippen LogP contribution in [0, 0.1) is 19.8 Å². The summed E-state index contributed by atoms with van der Waals surface area (Å²) >= 11 is 0. The second kappa shape index (κ2) is 15.6. The van der Waals surface area contributed by atoms with Crippen LogP contribution in [-0.2, 0) is 9.59 Å².